The van der Waals surface area contributed by atoms with Gasteiger partial charge in [-0.2, -0.15) is 0 Å². The fourth-order valence-corrected chi connectivity index (χ4v) is 5.77. The highest BCUT2D eigenvalue weighted by atomic mass is 33.1. The molecule has 0 amide bonds. The molecule has 0 atom stereocenters. The molecular weight excluding hydrogens is 505 g/mol. The van der Waals surface area contributed by atoms with E-state index in [4.69, 9.17) is 19.7 Å². The Morgan fingerprint density at radius 3 is 1.48 bits per heavy atom. The molecular formula is C21H42N2O6S4. The lowest BCUT2D eigenvalue weighted by molar-refractivity contribution is -0.143. The van der Waals surface area contributed by atoms with Crippen molar-refractivity contribution in [1.29, 1.82) is 0 Å². The molecule has 0 aliphatic heterocycles. The van der Waals surface area contributed by atoms with E-state index in [1.54, 1.807) is 43.2 Å². The van der Waals surface area contributed by atoms with Crippen molar-refractivity contribution in [2.24, 2.45) is 0 Å². The second-order valence-corrected chi connectivity index (χ2v) is 12.6. The highest BCUT2D eigenvalue weighted by Crippen LogP contribution is 2.20. The van der Waals surface area contributed by atoms with Gasteiger partial charge in [0.05, 0.1) is 26.1 Å². The molecule has 0 aromatic heterocycles. The van der Waals surface area contributed by atoms with Gasteiger partial charge in [0.25, 0.3) is 0 Å². The normalized spacial score (nSPS) is 11.3. The first kappa shape index (κ1) is 33.2. The summed E-state index contributed by atoms with van der Waals surface area (Å²) < 4.78 is 10.6. The van der Waals surface area contributed by atoms with Crippen LogP contribution in [0.3, 0.4) is 0 Å². The van der Waals surface area contributed by atoms with Gasteiger partial charge >= 0.3 is 11.9 Å². The zero-order valence-electron chi connectivity index (χ0n) is 20.1. The first-order valence-electron chi connectivity index (χ1n) is 11.5. The van der Waals surface area contributed by atoms with Gasteiger partial charge in [-0.15, -0.1) is 0 Å². The molecule has 2 N–H and O–H groups in total. The number of hydrogen-bond donors (Lipinski definition) is 2. The van der Waals surface area contributed by atoms with Crippen molar-refractivity contribution in [3.63, 3.8) is 0 Å². The molecule has 0 rings (SSSR count). The summed E-state index contributed by atoms with van der Waals surface area (Å²) in [6.45, 7) is 8.60. The molecule has 0 fully saturated rings. The van der Waals surface area contributed by atoms with Crippen LogP contribution in [0.2, 0.25) is 0 Å². The number of carbonyl (C=O) groups excluding carboxylic acids is 2. The molecule has 8 nitrogen and oxygen atoms in total. The van der Waals surface area contributed by atoms with E-state index in [-0.39, 0.29) is 38.0 Å². The molecule has 0 unspecified atom stereocenters. The van der Waals surface area contributed by atoms with Crippen LogP contribution in [0.15, 0.2) is 0 Å². The zero-order chi connectivity index (χ0) is 24.6. The highest BCUT2D eigenvalue weighted by molar-refractivity contribution is 8.77. The summed E-state index contributed by atoms with van der Waals surface area (Å²) in [7, 11) is 6.90. The van der Waals surface area contributed by atoms with Crippen LogP contribution in [-0.4, -0.2) is 121 Å². The average molecular weight is 547 g/mol. The SMILES string of the molecule is CCSSCCOC(=O)CCN(CCCN(CCO)CCO)CCC(=O)OCCSSCC. The molecule has 0 saturated heterocycles. The van der Waals surface area contributed by atoms with Gasteiger partial charge in [-0.05, 0) is 19.5 Å². The molecule has 0 bridgehead atoms. The Hall–Kier alpha value is 0.180. The maximum Gasteiger partial charge on any atom is 0.307 e. The molecule has 0 radical (unpaired) electrons. The van der Waals surface area contributed by atoms with Crippen molar-refractivity contribution in [3.05, 3.63) is 0 Å². The predicted octanol–water partition coefficient (Wildman–Crippen LogP) is 2.63. The van der Waals surface area contributed by atoms with E-state index < -0.39 is 0 Å². The zero-order valence-corrected chi connectivity index (χ0v) is 23.3. The molecule has 0 aliphatic carbocycles. The van der Waals surface area contributed by atoms with Gasteiger partial charge in [0.1, 0.15) is 13.2 Å². The maximum absolute atomic E-state index is 12.1. The van der Waals surface area contributed by atoms with Crippen LogP contribution in [0.1, 0.15) is 33.1 Å². The number of esters is 2. The summed E-state index contributed by atoms with van der Waals surface area (Å²) in [6, 6.07) is 0. The Kier molecular flexibility index (Phi) is 25.4. The number of nitrogens with zero attached hydrogens (tertiary/aromatic N) is 2. The monoisotopic (exact) mass is 546 g/mol. The molecule has 0 saturated carbocycles. The van der Waals surface area contributed by atoms with Crippen molar-refractivity contribution in [1.82, 2.24) is 9.80 Å². The molecule has 196 valence electrons. The van der Waals surface area contributed by atoms with E-state index >= 15 is 0 Å². The van der Waals surface area contributed by atoms with Gasteiger partial charge in [-0.3, -0.25) is 14.5 Å². The van der Waals surface area contributed by atoms with Crippen LogP contribution in [-0.2, 0) is 19.1 Å². The van der Waals surface area contributed by atoms with Crippen molar-refractivity contribution in [2.45, 2.75) is 33.1 Å². The summed E-state index contributed by atoms with van der Waals surface area (Å²) in [5, 5.41) is 18.3. The number of aliphatic hydroxyl groups is 2. The molecule has 0 aromatic carbocycles. The van der Waals surface area contributed by atoms with Gasteiger partial charge in [-0.25, -0.2) is 0 Å². The van der Waals surface area contributed by atoms with Crippen LogP contribution in [0.25, 0.3) is 0 Å². The van der Waals surface area contributed by atoms with Gasteiger partial charge in [0.2, 0.25) is 0 Å². The van der Waals surface area contributed by atoms with Gasteiger partial charge < -0.3 is 24.6 Å². The fourth-order valence-electron chi connectivity index (χ4n) is 2.78. The van der Waals surface area contributed by atoms with Crippen molar-refractivity contribution in [3.8, 4) is 0 Å². The van der Waals surface area contributed by atoms with E-state index in [2.05, 4.69) is 18.7 Å². The summed E-state index contributed by atoms with van der Waals surface area (Å²) in [5.41, 5.74) is 0. The lowest BCUT2D eigenvalue weighted by atomic mass is 10.3. The largest absolute Gasteiger partial charge is 0.465 e. The number of rotatable bonds is 24. The Bertz CT molecular complexity index is 444. The van der Waals surface area contributed by atoms with E-state index in [1.165, 1.54) is 0 Å². The third kappa shape index (κ3) is 22.4. The van der Waals surface area contributed by atoms with E-state index in [9.17, 15) is 9.59 Å². The van der Waals surface area contributed by atoms with Crippen LogP contribution in [0.4, 0.5) is 0 Å². The quantitative estimate of drug-likeness (QED) is 0.106. The number of aliphatic hydroxyl groups excluding tert-OH is 2. The number of ether oxygens (including phenoxy) is 2. The standard InChI is InChI=1S/C21H42N2O6S4/c1-3-30-32-18-16-28-20(26)6-10-22(8-5-9-23(12-14-24)13-15-25)11-7-21(27)29-17-19-33-31-4-2/h24-25H,3-19H2,1-2H3. The molecule has 33 heavy (non-hydrogen) atoms. The minimum Gasteiger partial charge on any atom is -0.465 e. The lowest BCUT2D eigenvalue weighted by Crippen LogP contribution is -2.35. The third-order valence-corrected chi connectivity index (χ3v) is 9.19. The Labute approximate surface area is 215 Å². The minimum atomic E-state index is -0.225. The van der Waals surface area contributed by atoms with Gasteiger partial charge in [0.15, 0.2) is 0 Å². The second-order valence-electron chi connectivity index (χ2n) is 6.88. The highest BCUT2D eigenvalue weighted by Gasteiger charge is 2.13. The van der Waals surface area contributed by atoms with Crippen molar-refractivity contribution in [2.75, 3.05) is 88.7 Å². The van der Waals surface area contributed by atoms with Crippen molar-refractivity contribution < 1.29 is 29.3 Å². The minimum absolute atomic E-state index is 0.0471. The van der Waals surface area contributed by atoms with Gasteiger partial charge in [-0.1, -0.05) is 57.0 Å². The topological polar surface area (TPSA) is 99.5 Å². The van der Waals surface area contributed by atoms with Crippen LogP contribution in [0.5, 0.6) is 0 Å². The molecule has 12 heteroatoms. The average Bonchev–Trinajstić information content (AvgIpc) is 2.80. The number of hydrogen-bond acceptors (Lipinski definition) is 12. The summed E-state index contributed by atoms with van der Waals surface area (Å²) in [6.07, 6.45) is 1.37. The Balaban J connectivity index is 4.41. The predicted molar refractivity (Wildman–Crippen MR) is 144 cm³/mol. The van der Waals surface area contributed by atoms with Gasteiger partial charge in [0, 0.05) is 49.2 Å². The van der Waals surface area contributed by atoms with Crippen molar-refractivity contribution >= 4 is 55.1 Å². The maximum atomic E-state index is 12.1. The number of carbonyl (C=O) groups is 2. The summed E-state index contributed by atoms with van der Waals surface area (Å²) in [5.74, 6) is 3.16. The third-order valence-electron chi connectivity index (χ3n) is 4.31. The lowest BCUT2D eigenvalue weighted by Gasteiger charge is -2.24. The molecule has 0 aromatic rings. The summed E-state index contributed by atoms with van der Waals surface area (Å²) >= 11 is 0. The molecule has 0 heterocycles. The fraction of sp³-hybridized carbons (Fsp3) is 0.905. The Morgan fingerprint density at radius 1 is 0.667 bits per heavy atom. The molecule has 0 spiro atoms. The smallest absolute Gasteiger partial charge is 0.307 e. The first-order chi connectivity index (χ1) is 16.1. The van der Waals surface area contributed by atoms with E-state index in [0.29, 0.717) is 45.9 Å². The second kappa shape index (κ2) is 25.3. The first-order valence-corrected chi connectivity index (χ1v) is 16.5. The summed E-state index contributed by atoms with van der Waals surface area (Å²) in [4.78, 5) is 28.2. The van der Waals surface area contributed by atoms with Crippen LogP contribution >= 0.6 is 43.2 Å². The molecule has 0 aliphatic rings. The Morgan fingerprint density at radius 2 is 1.09 bits per heavy atom. The van der Waals surface area contributed by atoms with Crippen LogP contribution in [0, 0.1) is 0 Å². The van der Waals surface area contributed by atoms with E-state index in [0.717, 1.165) is 36.0 Å². The van der Waals surface area contributed by atoms with Crippen LogP contribution < -0.4 is 0 Å². The van der Waals surface area contributed by atoms with E-state index in [1.807, 2.05) is 4.90 Å².